The minimum Gasteiger partial charge on any atom is -0.340 e. The first-order valence-electron chi connectivity index (χ1n) is 6.65. The fourth-order valence-electron chi connectivity index (χ4n) is 1.83. The molecule has 1 aliphatic heterocycles. The quantitative estimate of drug-likeness (QED) is 0.704. The molecule has 0 saturated carbocycles. The highest BCUT2D eigenvalue weighted by Gasteiger charge is 2.18. The van der Waals surface area contributed by atoms with Crippen molar-refractivity contribution in [1.82, 2.24) is 9.80 Å². The number of hydrogen-bond donors (Lipinski definition) is 0. The zero-order valence-corrected chi connectivity index (χ0v) is 11.4. The van der Waals surface area contributed by atoms with E-state index < -0.39 is 0 Å². The molecule has 1 aliphatic rings. The van der Waals surface area contributed by atoms with Crippen LogP contribution in [0.2, 0.25) is 0 Å². The molecule has 4 nitrogen and oxygen atoms in total. The van der Waals surface area contributed by atoms with E-state index in [-0.39, 0.29) is 5.91 Å². The number of hydrogen-bond acceptors (Lipinski definition) is 3. The topological polar surface area (TPSA) is 47.3 Å². The van der Waals surface area contributed by atoms with E-state index in [1.165, 1.54) is 0 Å². The van der Waals surface area contributed by atoms with Gasteiger partial charge in [0.15, 0.2) is 0 Å². The largest absolute Gasteiger partial charge is 0.340 e. The molecule has 1 rings (SSSR count). The Morgan fingerprint density at radius 2 is 1.82 bits per heavy atom. The number of rotatable bonds is 4. The number of unbranched alkanes of at least 4 members (excludes halogenated alkanes) is 1. The second-order valence-electron chi connectivity index (χ2n) is 3.84. The molecule has 1 amide bonds. The van der Waals surface area contributed by atoms with Crippen LogP contribution in [0.25, 0.3) is 0 Å². The number of amides is 1. The van der Waals surface area contributed by atoms with Gasteiger partial charge in [-0.15, -0.1) is 0 Å². The molecule has 1 saturated heterocycles. The van der Waals surface area contributed by atoms with Gasteiger partial charge < -0.3 is 4.90 Å². The van der Waals surface area contributed by atoms with Crippen molar-refractivity contribution in [2.75, 3.05) is 32.7 Å². The maximum absolute atomic E-state index is 11.4. The zero-order chi connectivity index (χ0) is 13.1. The molecule has 0 aromatic carbocycles. The van der Waals surface area contributed by atoms with Gasteiger partial charge in [-0.3, -0.25) is 9.69 Å². The number of carbonyl (C=O) groups is 1. The molecule has 98 valence electrons. The van der Waals surface area contributed by atoms with Crippen LogP contribution < -0.4 is 0 Å². The fourth-order valence-corrected chi connectivity index (χ4v) is 1.83. The van der Waals surface area contributed by atoms with Gasteiger partial charge in [-0.1, -0.05) is 20.8 Å². The van der Waals surface area contributed by atoms with Crippen LogP contribution >= 0.6 is 0 Å². The predicted octanol–water partition coefficient (Wildman–Crippen LogP) is 1.87. The molecule has 0 aromatic heterocycles. The number of nitrogens with zero attached hydrogens (tertiary/aromatic N) is 3. The van der Waals surface area contributed by atoms with Crippen molar-refractivity contribution in [3.05, 3.63) is 0 Å². The lowest BCUT2D eigenvalue weighted by molar-refractivity contribution is -0.132. The Balaban J connectivity index is 0.00000121. The summed E-state index contributed by atoms with van der Waals surface area (Å²) in [4.78, 5) is 15.7. The zero-order valence-electron chi connectivity index (χ0n) is 11.4. The van der Waals surface area contributed by atoms with E-state index >= 15 is 0 Å². The van der Waals surface area contributed by atoms with E-state index in [1.807, 2.05) is 25.7 Å². The first kappa shape index (κ1) is 15.9. The number of nitriles is 1. The molecule has 0 unspecified atom stereocenters. The van der Waals surface area contributed by atoms with Crippen molar-refractivity contribution in [2.45, 2.75) is 40.0 Å². The molecule has 1 fully saturated rings. The van der Waals surface area contributed by atoms with Gasteiger partial charge in [-0.2, -0.15) is 5.26 Å². The summed E-state index contributed by atoms with van der Waals surface area (Å²) >= 11 is 0. The van der Waals surface area contributed by atoms with Gasteiger partial charge in [0.25, 0.3) is 0 Å². The molecule has 0 bridgehead atoms. The summed E-state index contributed by atoms with van der Waals surface area (Å²) in [5.74, 6) is 0.256. The van der Waals surface area contributed by atoms with E-state index in [9.17, 15) is 4.79 Å². The van der Waals surface area contributed by atoms with Crippen LogP contribution in [0.15, 0.2) is 0 Å². The van der Waals surface area contributed by atoms with E-state index in [0.717, 1.165) is 39.1 Å². The van der Waals surface area contributed by atoms with E-state index in [1.54, 1.807) is 0 Å². The smallest absolute Gasteiger partial charge is 0.222 e. The molecule has 0 aliphatic carbocycles. The second kappa shape index (κ2) is 10.1. The molecule has 0 N–H and O–H groups in total. The Labute approximate surface area is 105 Å². The molecule has 1 heterocycles. The Kier molecular flexibility index (Phi) is 9.46. The highest BCUT2D eigenvalue weighted by atomic mass is 16.2. The monoisotopic (exact) mass is 239 g/mol. The average Bonchev–Trinajstić information content (AvgIpc) is 2.41. The van der Waals surface area contributed by atoms with E-state index in [4.69, 9.17) is 5.26 Å². The van der Waals surface area contributed by atoms with Crippen molar-refractivity contribution in [3.63, 3.8) is 0 Å². The SMILES string of the molecule is CC.CCC(=O)N1CCN(CCCC#N)CC1. The molecule has 0 radical (unpaired) electrons. The minimum absolute atomic E-state index is 0.256. The standard InChI is InChI=1S/C11H19N3O.C2H6/c1-2-11(15)14-9-7-13(8-10-14)6-4-3-5-12;1-2/h2-4,6-10H2,1H3;1-2H3. The highest BCUT2D eigenvalue weighted by Crippen LogP contribution is 2.04. The summed E-state index contributed by atoms with van der Waals surface area (Å²) in [5.41, 5.74) is 0. The van der Waals surface area contributed by atoms with Gasteiger partial charge in [0.05, 0.1) is 6.07 Å². The third-order valence-corrected chi connectivity index (χ3v) is 2.79. The molecule has 17 heavy (non-hydrogen) atoms. The molecule has 0 aromatic rings. The van der Waals surface area contributed by atoms with Crippen LogP contribution in [-0.2, 0) is 4.79 Å². The number of carbonyl (C=O) groups excluding carboxylic acids is 1. The summed E-state index contributed by atoms with van der Waals surface area (Å²) in [6.07, 6.45) is 2.18. The van der Waals surface area contributed by atoms with Crippen molar-refractivity contribution in [3.8, 4) is 6.07 Å². The summed E-state index contributed by atoms with van der Waals surface area (Å²) in [6, 6.07) is 2.15. The Morgan fingerprint density at radius 1 is 1.24 bits per heavy atom. The van der Waals surface area contributed by atoms with E-state index in [0.29, 0.717) is 12.8 Å². The lowest BCUT2D eigenvalue weighted by Crippen LogP contribution is -2.48. The summed E-state index contributed by atoms with van der Waals surface area (Å²) in [5, 5.41) is 8.42. The van der Waals surface area contributed by atoms with E-state index in [2.05, 4.69) is 11.0 Å². The lowest BCUT2D eigenvalue weighted by Gasteiger charge is -2.34. The van der Waals surface area contributed by atoms with Crippen LogP contribution in [0, 0.1) is 11.3 Å². The third-order valence-electron chi connectivity index (χ3n) is 2.79. The van der Waals surface area contributed by atoms with Crippen LogP contribution in [0.3, 0.4) is 0 Å². The molecule has 0 atom stereocenters. The normalized spacial score (nSPS) is 15.8. The number of piperazine rings is 1. The average molecular weight is 239 g/mol. The molecule has 0 spiro atoms. The van der Waals surface area contributed by atoms with Gasteiger partial charge in [0, 0.05) is 39.0 Å². The van der Waals surface area contributed by atoms with Gasteiger partial charge in [-0.05, 0) is 13.0 Å². The predicted molar refractivity (Wildman–Crippen MR) is 69.5 cm³/mol. The van der Waals surface area contributed by atoms with Crippen LogP contribution in [0.5, 0.6) is 0 Å². The van der Waals surface area contributed by atoms with Gasteiger partial charge >= 0.3 is 0 Å². The van der Waals surface area contributed by atoms with Crippen molar-refractivity contribution in [2.24, 2.45) is 0 Å². The summed E-state index contributed by atoms with van der Waals surface area (Å²) < 4.78 is 0. The molecular formula is C13H25N3O. The minimum atomic E-state index is 0.256. The first-order chi connectivity index (χ1) is 8.27. The third kappa shape index (κ3) is 6.28. The summed E-state index contributed by atoms with van der Waals surface area (Å²) in [7, 11) is 0. The Morgan fingerprint density at radius 3 is 2.29 bits per heavy atom. The molecule has 4 heteroatoms. The van der Waals surface area contributed by atoms with Crippen LogP contribution in [0.1, 0.15) is 40.0 Å². The van der Waals surface area contributed by atoms with Crippen molar-refractivity contribution >= 4 is 5.91 Å². The van der Waals surface area contributed by atoms with Crippen molar-refractivity contribution in [1.29, 1.82) is 5.26 Å². The lowest BCUT2D eigenvalue weighted by atomic mass is 10.2. The molecular weight excluding hydrogens is 214 g/mol. The fraction of sp³-hybridized carbons (Fsp3) is 0.846. The van der Waals surface area contributed by atoms with Crippen LogP contribution in [-0.4, -0.2) is 48.4 Å². The van der Waals surface area contributed by atoms with Gasteiger partial charge in [0.1, 0.15) is 0 Å². The summed E-state index contributed by atoms with van der Waals surface area (Å²) in [6.45, 7) is 10.5. The van der Waals surface area contributed by atoms with Crippen molar-refractivity contribution < 1.29 is 4.79 Å². The maximum atomic E-state index is 11.4. The Bertz CT molecular complexity index is 240. The Hall–Kier alpha value is -1.08. The first-order valence-corrected chi connectivity index (χ1v) is 6.65. The van der Waals surface area contributed by atoms with Gasteiger partial charge in [-0.25, -0.2) is 0 Å². The highest BCUT2D eigenvalue weighted by molar-refractivity contribution is 5.75. The maximum Gasteiger partial charge on any atom is 0.222 e. The van der Waals surface area contributed by atoms with Gasteiger partial charge in [0.2, 0.25) is 5.91 Å². The second-order valence-corrected chi connectivity index (χ2v) is 3.84. The van der Waals surface area contributed by atoms with Crippen LogP contribution in [0.4, 0.5) is 0 Å².